The lowest BCUT2D eigenvalue weighted by atomic mass is 9.77. The molecule has 2 N–H and O–H groups in total. The van der Waals surface area contributed by atoms with Gasteiger partial charge >= 0.3 is 0 Å². The smallest absolute Gasteiger partial charge is 0.290 e. The molecule has 0 spiro atoms. The van der Waals surface area contributed by atoms with Crippen LogP contribution in [0.3, 0.4) is 0 Å². The van der Waals surface area contributed by atoms with Crippen molar-refractivity contribution in [3.8, 4) is 5.75 Å². The number of methoxy groups -OCH3 is 1. The summed E-state index contributed by atoms with van der Waals surface area (Å²) in [4.78, 5) is 17.0. The highest BCUT2D eigenvalue weighted by molar-refractivity contribution is 7.89. The number of amides is 1. The second kappa shape index (κ2) is 12.5. The van der Waals surface area contributed by atoms with Crippen LogP contribution in [0.5, 0.6) is 5.75 Å². The van der Waals surface area contributed by atoms with Gasteiger partial charge in [-0.15, -0.1) is 0 Å². The van der Waals surface area contributed by atoms with Crippen molar-refractivity contribution in [1.82, 2.24) is 9.29 Å². The summed E-state index contributed by atoms with van der Waals surface area (Å²) in [5.41, 5.74) is 0.377. The van der Waals surface area contributed by atoms with Gasteiger partial charge in [-0.05, 0) is 53.8 Å². The van der Waals surface area contributed by atoms with Crippen molar-refractivity contribution in [2.75, 3.05) is 38.7 Å². The zero-order chi connectivity index (χ0) is 27.1. The van der Waals surface area contributed by atoms with Gasteiger partial charge in [-0.1, -0.05) is 20.8 Å². The summed E-state index contributed by atoms with van der Waals surface area (Å²) in [6.45, 7) is 5.77. The van der Waals surface area contributed by atoms with Crippen molar-refractivity contribution in [3.05, 3.63) is 60.6 Å². The number of pyridine rings is 1. The number of carbonyl (C=O) groups excluding carboxylic acids is 1. The van der Waals surface area contributed by atoms with Crippen molar-refractivity contribution in [3.63, 3.8) is 0 Å². The van der Waals surface area contributed by atoms with Crippen molar-refractivity contribution in [2.24, 2.45) is 11.3 Å². The average molecular weight is 534 g/mol. The van der Waals surface area contributed by atoms with Crippen LogP contribution in [0.1, 0.15) is 27.2 Å². The number of hydrogen-bond donors (Lipinski definition) is 2. The quantitative estimate of drug-likeness (QED) is 0.451. The van der Waals surface area contributed by atoms with E-state index in [2.05, 4.69) is 31.1 Å². The first-order valence-corrected chi connectivity index (χ1v) is 13.4. The second-order valence-electron chi connectivity index (χ2n) is 9.66. The SMILES string of the molecule is COc1ccc(S(=O)(=O)N(CCO)CCO[C@H]2C[C@@H](C(C)(C)C)C=C(C(=O)Nc3cccnc3)O2)cc1. The van der Waals surface area contributed by atoms with Gasteiger partial charge in [0.15, 0.2) is 5.76 Å². The molecule has 2 atom stereocenters. The molecule has 0 radical (unpaired) electrons. The van der Waals surface area contributed by atoms with E-state index in [1.54, 1.807) is 36.5 Å². The first-order chi connectivity index (χ1) is 17.5. The molecule has 1 aromatic heterocycles. The van der Waals surface area contributed by atoms with Crippen LogP contribution in [0, 0.1) is 11.3 Å². The maximum absolute atomic E-state index is 13.1. The second-order valence-corrected chi connectivity index (χ2v) is 11.6. The summed E-state index contributed by atoms with van der Waals surface area (Å²) in [5.74, 6) is 0.241. The molecular weight excluding hydrogens is 498 g/mol. The molecule has 0 fully saturated rings. The Bertz CT molecular complexity index is 1160. The van der Waals surface area contributed by atoms with Crippen molar-refractivity contribution < 1.29 is 32.5 Å². The summed E-state index contributed by atoms with van der Waals surface area (Å²) in [6, 6.07) is 9.47. The van der Waals surface area contributed by atoms with Crippen molar-refractivity contribution in [2.45, 2.75) is 38.4 Å². The van der Waals surface area contributed by atoms with Crippen molar-refractivity contribution >= 4 is 21.6 Å². The van der Waals surface area contributed by atoms with Gasteiger partial charge in [0.2, 0.25) is 16.3 Å². The van der Waals surface area contributed by atoms with Crippen LogP contribution in [0.4, 0.5) is 5.69 Å². The summed E-state index contributed by atoms with van der Waals surface area (Å²) in [5, 5.41) is 12.2. The Labute approximate surface area is 218 Å². The van der Waals surface area contributed by atoms with Gasteiger partial charge in [0, 0.05) is 25.7 Å². The standard InChI is InChI=1S/C26H35N3O7S/c1-26(2,3)19-16-23(25(31)28-20-6-5-11-27-18-20)36-24(17-19)35-15-13-29(12-14-30)37(32,33)22-9-7-21(34-4)8-10-22/h5-11,16,18-19,24,30H,12-15,17H2,1-4H3,(H,28,31)/t19-,24+/m0/s1. The number of anilines is 1. The van der Waals surface area contributed by atoms with Gasteiger partial charge < -0.3 is 24.6 Å². The normalized spacial score (nSPS) is 18.2. The number of benzene rings is 1. The first kappa shape index (κ1) is 28.6. The van der Waals surface area contributed by atoms with Crippen LogP contribution >= 0.6 is 0 Å². The highest BCUT2D eigenvalue weighted by Crippen LogP contribution is 2.36. The zero-order valence-corrected chi connectivity index (χ0v) is 22.4. The number of aliphatic hydroxyl groups is 1. The molecule has 0 bridgehead atoms. The third kappa shape index (κ3) is 7.75. The lowest BCUT2D eigenvalue weighted by molar-refractivity contribution is -0.150. The van der Waals surface area contributed by atoms with Crippen LogP contribution in [-0.4, -0.2) is 68.4 Å². The number of aromatic nitrogens is 1. The lowest BCUT2D eigenvalue weighted by Gasteiger charge is -2.36. The van der Waals surface area contributed by atoms with Crippen molar-refractivity contribution in [1.29, 1.82) is 0 Å². The number of allylic oxidation sites excluding steroid dienone is 1. The number of nitrogens with zero attached hydrogens (tertiary/aromatic N) is 2. The summed E-state index contributed by atoms with van der Waals surface area (Å²) < 4.78 is 44.3. The van der Waals surface area contributed by atoms with Gasteiger partial charge in [0.25, 0.3) is 5.91 Å². The molecule has 1 aliphatic rings. The van der Waals surface area contributed by atoms with E-state index in [9.17, 15) is 18.3 Å². The maximum atomic E-state index is 13.1. The van der Waals surface area contributed by atoms with Gasteiger partial charge in [0.05, 0.1) is 37.1 Å². The number of carbonyl (C=O) groups is 1. The van der Waals surface area contributed by atoms with E-state index in [-0.39, 0.29) is 48.3 Å². The topological polar surface area (TPSA) is 127 Å². The molecule has 11 heteroatoms. The van der Waals surface area contributed by atoms with Crippen LogP contribution in [0.25, 0.3) is 0 Å². The van der Waals surface area contributed by atoms with Gasteiger partial charge in [-0.25, -0.2) is 8.42 Å². The molecule has 37 heavy (non-hydrogen) atoms. The fourth-order valence-electron chi connectivity index (χ4n) is 3.80. The van der Waals surface area contributed by atoms with E-state index in [4.69, 9.17) is 14.2 Å². The maximum Gasteiger partial charge on any atom is 0.290 e. The molecule has 2 aromatic rings. The number of nitrogens with one attached hydrogen (secondary N) is 1. The molecule has 3 rings (SSSR count). The minimum atomic E-state index is -3.87. The molecule has 0 saturated carbocycles. The number of rotatable bonds is 11. The van der Waals surface area contributed by atoms with Crippen LogP contribution in [0.2, 0.25) is 0 Å². The number of aliphatic hydroxyl groups excluding tert-OH is 1. The Morgan fingerprint density at radius 2 is 1.95 bits per heavy atom. The number of hydrogen-bond acceptors (Lipinski definition) is 8. The fraction of sp³-hybridized carbons (Fsp3) is 0.462. The Kier molecular flexibility index (Phi) is 9.66. The third-order valence-corrected chi connectivity index (χ3v) is 7.92. The third-order valence-electron chi connectivity index (χ3n) is 6.00. The molecule has 0 saturated heterocycles. The van der Waals surface area contributed by atoms with Crippen LogP contribution < -0.4 is 10.1 Å². The predicted octanol–water partition coefficient (Wildman–Crippen LogP) is 3.02. The Hall–Kier alpha value is -2.99. The lowest BCUT2D eigenvalue weighted by Crippen LogP contribution is -2.38. The minimum absolute atomic E-state index is 0.00407. The van der Waals surface area contributed by atoms with E-state index in [1.165, 1.54) is 25.4 Å². The molecule has 0 unspecified atom stereocenters. The van der Waals surface area contributed by atoms with E-state index >= 15 is 0 Å². The largest absolute Gasteiger partial charge is 0.497 e. The predicted molar refractivity (Wildman–Crippen MR) is 138 cm³/mol. The number of ether oxygens (including phenoxy) is 3. The molecule has 202 valence electrons. The minimum Gasteiger partial charge on any atom is -0.497 e. The first-order valence-electron chi connectivity index (χ1n) is 12.0. The molecule has 0 aliphatic carbocycles. The Morgan fingerprint density at radius 1 is 1.22 bits per heavy atom. The van der Waals surface area contributed by atoms with Crippen LogP contribution in [0.15, 0.2) is 65.5 Å². The Balaban J connectivity index is 1.67. The van der Waals surface area contributed by atoms with E-state index in [0.717, 1.165) is 4.31 Å². The van der Waals surface area contributed by atoms with E-state index < -0.39 is 22.2 Å². The molecule has 1 aliphatic heterocycles. The van der Waals surface area contributed by atoms with Gasteiger partial charge in [-0.3, -0.25) is 9.78 Å². The molecular formula is C26H35N3O7S. The van der Waals surface area contributed by atoms with Gasteiger partial charge in [-0.2, -0.15) is 4.31 Å². The molecule has 2 heterocycles. The Morgan fingerprint density at radius 3 is 2.54 bits per heavy atom. The van der Waals surface area contributed by atoms with Crippen LogP contribution in [-0.2, 0) is 24.3 Å². The van der Waals surface area contributed by atoms with E-state index in [1.807, 2.05) is 0 Å². The summed E-state index contributed by atoms with van der Waals surface area (Å²) in [7, 11) is -2.37. The summed E-state index contributed by atoms with van der Waals surface area (Å²) in [6.07, 6.45) is 4.70. The zero-order valence-electron chi connectivity index (χ0n) is 21.6. The number of sulfonamides is 1. The molecule has 1 aromatic carbocycles. The molecule has 10 nitrogen and oxygen atoms in total. The van der Waals surface area contributed by atoms with E-state index in [0.29, 0.717) is 17.9 Å². The monoisotopic (exact) mass is 533 g/mol. The highest BCUT2D eigenvalue weighted by Gasteiger charge is 2.34. The highest BCUT2D eigenvalue weighted by atomic mass is 32.2. The fourth-order valence-corrected chi connectivity index (χ4v) is 5.21. The average Bonchev–Trinajstić information content (AvgIpc) is 2.88. The summed E-state index contributed by atoms with van der Waals surface area (Å²) >= 11 is 0. The van der Waals surface area contributed by atoms with Gasteiger partial charge in [0.1, 0.15) is 5.75 Å². The molecule has 1 amide bonds.